The second-order valence-electron chi connectivity index (χ2n) is 17.3. The van der Waals surface area contributed by atoms with Crippen LogP contribution in [0.1, 0.15) is 90.5 Å². The second kappa shape index (κ2) is 14.4. The molecule has 0 amide bonds. The van der Waals surface area contributed by atoms with Crippen LogP contribution in [-0.4, -0.2) is 138 Å². The smallest absolute Gasteiger partial charge is 0.335 e. The minimum Gasteiger partial charge on any atom is -0.462 e. The van der Waals surface area contributed by atoms with Crippen molar-refractivity contribution in [2.45, 2.75) is 170 Å². The zero-order valence-corrected chi connectivity index (χ0v) is 31.1. The molecule has 6 aliphatic rings. The van der Waals surface area contributed by atoms with E-state index in [2.05, 4.69) is 6.92 Å². The number of hydrogen-bond donors (Lipinski definition) is 8. The van der Waals surface area contributed by atoms with Gasteiger partial charge in [0.2, 0.25) is 0 Å². The maximum absolute atomic E-state index is 12.9. The number of fused-ring (bicyclic) bond motifs is 5. The monoisotopic (exact) mass is 768 g/mol. The highest BCUT2D eigenvalue weighted by Gasteiger charge is 2.75. The lowest BCUT2D eigenvalue weighted by Gasteiger charge is -2.68. The minimum absolute atomic E-state index is 0.0161. The molecule has 0 radical (unpaired) electrons. The summed E-state index contributed by atoms with van der Waals surface area (Å²) in [5.74, 6) is -1.31. The molecule has 0 aromatic carbocycles. The van der Waals surface area contributed by atoms with Crippen LogP contribution in [0, 0.1) is 22.7 Å². The van der Waals surface area contributed by atoms with Gasteiger partial charge in [-0.3, -0.25) is 4.79 Å². The van der Waals surface area contributed by atoms with Crippen LogP contribution < -0.4 is 5.63 Å². The first-order valence-electron chi connectivity index (χ1n) is 19.2. The summed E-state index contributed by atoms with van der Waals surface area (Å²) >= 11 is 0. The van der Waals surface area contributed by atoms with E-state index in [9.17, 15) is 50.4 Å². The molecule has 16 nitrogen and oxygen atoms in total. The molecule has 0 spiro atoms. The number of esters is 1. The SMILES string of the molecule is CC(=O)OC1CC2(O)C(CCC3(C)C(c4ccc(=O)oc4)CCC32O)C2(C)CCC(OC3OC(C)C(OC4OC(CO)C(O)C(O)C4O)C(O)C3O)CC12. The van der Waals surface area contributed by atoms with Gasteiger partial charge >= 0.3 is 11.6 Å². The van der Waals surface area contributed by atoms with Gasteiger partial charge < -0.3 is 69.0 Å². The van der Waals surface area contributed by atoms with Gasteiger partial charge in [0.15, 0.2) is 12.6 Å². The number of ether oxygens (including phenoxy) is 5. The fourth-order valence-corrected chi connectivity index (χ4v) is 11.7. The predicted molar refractivity (Wildman–Crippen MR) is 183 cm³/mol. The largest absolute Gasteiger partial charge is 0.462 e. The van der Waals surface area contributed by atoms with Gasteiger partial charge in [0.1, 0.15) is 54.4 Å². The number of hydrogen-bond acceptors (Lipinski definition) is 16. The van der Waals surface area contributed by atoms with Crippen LogP contribution in [0.2, 0.25) is 0 Å². The van der Waals surface area contributed by atoms with Gasteiger partial charge in [-0.15, -0.1) is 0 Å². The molecule has 1 aromatic rings. The van der Waals surface area contributed by atoms with Crippen LogP contribution in [0.15, 0.2) is 27.6 Å². The molecule has 8 N–H and O–H groups in total. The molecule has 2 saturated heterocycles. The quantitative estimate of drug-likeness (QED) is 0.129. The molecular formula is C38H56O16. The van der Waals surface area contributed by atoms with Crippen molar-refractivity contribution in [1.82, 2.24) is 0 Å². The Labute approximate surface area is 312 Å². The van der Waals surface area contributed by atoms with E-state index in [-0.39, 0.29) is 24.2 Å². The molecule has 1 aromatic heterocycles. The third kappa shape index (κ3) is 6.20. The molecule has 6 fully saturated rings. The molecular weight excluding hydrogens is 712 g/mol. The molecule has 54 heavy (non-hydrogen) atoms. The van der Waals surface area contributed by atoms with E-state index in [1.807, 2.05) is 6.92 Å². The highest BCUT2D eigenvalue weighted by atomic mass is 16.7. The van der Waals surface area contributed by atoms with Crippen molar-refractivity contribution >= 4 is 5.97 Å². The topological polar surface area (TPSA) is 255 Å². The highest BCUT2D eigenvalue weighted by molar-refractivity contribution is 5.66. The van der Waals surface area contributed by atoms with Crippen molar-refractivity contribution < 1.29 is 73.7 Å². The van der Waals surface area contributed by atoms with E-state index >= 15 is 0 Å². The molecule has 19 unspecified atom stereocenters. The number of carbonyl (C=O) groups excluding carboxylic acids is 1. The Kier molecular flexibility index (Phi) is 10.7. The summed E-state index contributed by atoms with van der Waals surface area (Å²) in [6.45, 7) is 6.30. The van der Waals surface area contributed by atoms with E-state index in [4.69, 9.17) is 28.1 Å². The fourth-order valence-electron chi connectivity index (χ4n) is 11.7. The molecule has 304 valence electrons. The van der Waals surface area contributed by atoms with Gasteiger partial charge in [-0.2, -0.15) is 0 Å². The summed E-state index contributed by atoms with van der Waals surface area (Å²) in [4.78, 5) is 24.3. The van der Waals surface area contributed by atoms with Gasteiger partial charge in [-0.25, -0.2) is 4.79 Å². The van der Waals surface area contributed by atoms with Gasteiger partial charge in [0, 0.05) is 30.7 Å². The van der Waals surface area contributed by atoms with Crippen LogP contribution in [0.25, 0.3) is 0 Å². The molecule has 4 saturated carbocycles. The third-order valence-corrected chi connectivity index (χ3v) is 14.6. The Morgan fingerprint density at radius 3 is 2.26 bits per heavy atom. The molecule has 7 rings (SSSR count). The first kappa shape index (κ1) is 40.1. The molecule has 2 aliphatic heterocycles. The van der Waals surface area contributed by atoms with E-state index in [0.717, 1.165) is 5.56 Å². The zero-order valence-electron chi connectivity index (χ0n) is 31.1. The van der Waals surface area contributed by atoms with Crippen LogP contribution in [-0.2, 0) is 28.5 Å². The van der Waals surface area contributed by atoms with Crippen LogP contribution in [0.4, 0.5) is 0 Å². The van der Waals surface area contributed by atoms with Crippen LogP contribution >= 0.6 is 0 Å². The average Bonchev–Trinajstić information content (AvgIpc) is 3.40. The van der Waals surface area contributed by atoms with Crippen LogP contribution in [0.5, 0.6) is 0 Å². The van der Waals surface area contributed by atoms with Crippen molar-refractivity contribution in [1.29, 1.82) is 0 Å². The Morgan fingerprint density at radius 1 is 0.889 bits per heavy atom. The summed E-state index contributed by atoms with van der Waals surface area (Å²) < 4.78 is 34.7. The van der Waals surface area contributed by atoms with Gasteiger partial charge in [0.25, 0.3) is 0 Å². The highest BCUT2D eigenvalue weighted by Crippen LogP contribution is 2.72. The Morgan fingerprint density at radius 2 is 1.59 bits per heavy atom. The maximum atomic E-state index is 12.9. The number of aliphatic hydroxyl groups excluding tert-OH is 6. The lowest BCUT2D eigenvalue weighted by Crippen LogP contribution is -2.75. The normalized spacial score (nSPS) is 51.8. The average molecular weight is 769 g/mol. The molecule has 4 aliphatic carbocycles. The summed E-state index contributed by atoms with van der Waals surface area (Å²) in [7, 11) is 0. The Balaban J connectivity index is 1.07. The zero-order chi connectivity index (χ0) is 39.1. The van der Waals surface area contributed by atoms with Gasteiger partial charge in [-0.05, 0) is 80.8 Å². The molecule has 0 bridgehead atoms. The van der Waals surface area contributed by atoms with Crippen molar-refractivity contribution in [3.63, 3.8) is 0 Å². The third-order valence-electron chi connectivity index (χ3n) is 14.6. The minimum atomic E-state index is -1.72. The van der Waals surface area contributed by atoms with Crippen molar-refractivity contribution in [2.75, 3.05) is 6.61 Å². The molecule has 19 atom stereocenters. The summed E-state index contributed by atoms with van der Waals surface area (Å²) in [6, 6.07) is 3.10. The predicted octanol–water partition coefficient (Wildman–Crippen LogP) is -0.426. The van der Waals surface area contributed by atoms with E-state index in [0.29, 0.717) is 44.9 Å². The Bertz CT molecular complexity index is 1570. The first-order chi connectivity index (χ1) is 25.4. The van der Waals surface area contributed by atoms with Crippen molar-refractivity contribution in [3.8, 4) is 0 Å². The first-order valence-corrected chi connectivity index (χ1v) is 19.2. The van der Waals surface area contributed by atoms with E-state index in [1.54, 1.807) is 13.0 Å². The van der Waals surface area contributed by atoms with E-state index in [1.165, 1.54) is 19.3 Å². The summed E-state index contributed by atoms with van der Waals surface area (Å²) in [6.07, 6.45) is -10.7. The lowest BCUT2D eigenvalue weighted by atomic mass is 9.40. The second-order valence-corrected chi connectivity index (χ2v) is 17.3. The van der Waals surface area contributed by atoms with Crippen LogP contribution in [0.3, 0.4) is 0 Å². The van der Waals surface area contributed by atoms with Gasteiger partial charge in [-0.1, -0.05) is 13.8 Å². The molecule has 3 heterocycles. The summed E-state index contributed by atoms with van der Waals surface area (Å²) in [5.41, 5.74) is -4.12. The molecule has 16 heteroatoms. The van der Waals surface area contributed by atoms with Gasteiger partial charge in [0.05, 0.1) is 30.7 Å². The number of aliphatic hydroxyl groups is 8. The van der Waals surface area contributed by atoms with E-state index < -0.39 is 114 Å². The van der Waals surface area contributed by atoms with Crippen molar-refractivity contribution in [3.05, 3.63) is 34.4 Å². The summed E-state index contributed by atoms with van der Waals surface area (Å²) in [5, 5.41) is 88.3. The maximum Gasteiger partial charge on any atom is 0.335 e. The Hall–Kier alpha value is -2.06. The number of carbonyl (C=O) groups is 1. The standard InChI is InChI=1S/C38H56O16/c1-17-32(54-34-30(45)28(43)27(42)24(15-39)53-34)29(44)31(46)33(50-17)52-20-7-10-35(3)22(13-20)23(51-18(2)40)14-37(47)25(35)9-11-36(4)21(8-12-38(36,37)48)19-5-6-26(41)49-16-19/h5-6,16-17,20-25,27-34,39,42-48H,7-15H2,1-4H3. The fraction of sp³-hybridized carbons (Fsp3) is 0.842. The number of rotatable bonds is 7. The van der Waals surface area contributed by atoms with Crippen molar-refractivity contribution in [2.24, 2.45) is 22.7 Å². The lowest BCUT2D eigenvalue weighted by molar-refractivity contribution is -0.361.